The second-order valence-electron chi connectivity index (χ2n) is 6.52. The van der Waals surface area contributed by atoms with Gasteiger partial charge in [0.1, 0.15) is 5.75 Å². The van der Waals surface area contributed by atoms with Crippen molar-refractivity contribution in [3.05, 3.63) is 101 Å². The van der Waals surface area contributed by atoms with Crippen LogP contribution in [0.25, 0.3) is 0 Å². The number of halogens is 1. The van der Waals surface area contributed by atoms with E-state index in [4.69, 9.17) is 11.6 Å². The Morgan fingerprint density at radius 2 is 1.16 bits per heavy atom. The van der Waals surface area contributed by atoms with Gasteiger partial charge in [-0.25, -0.2) is 0 Å². The number of benzene rings is 3. The highest BCUT2D eigenvalue weighted by molar-refractivity contribution is 6.17. The summed E-state index contributed by atoms with van der Waals surface area (Å²) >= 11 is 6.14. The Labute approximate surface area is 154 Å². The molecular formula is C23H23ClO. The monoisotopic (exact) mass is 350 g/mol. The van der Waals surface area contributed by atoms with Crippen LogP contribution in [0.5, 0.6) is 5.75 Å². The first-order valence-corrected chi connectivity index (χ1v) is 9.16. The first-order valence-electron chi connectivity index (χ1n) is 8.63. The van der Waals surface area contributed by atoms with Gasteiger partial charge in [-0.3, -0.25) is 0 Å². The Morgan fingerprint density at radius 3 is 1.52 bits per heavy atom. The lowest BCUT2D eigenvalue weighted by molar-refractivity contribution is 0.456. The summed E-state index contributed by atoms with van der Waals surface area (Å²) < 4.78 is 0. The van der Waals surface area contributed by atoms with Gasteiger partial charge in [0.25, 0.3) is 0 Å². The van der Waals surface area contributed by atoms with Crippen LogP contribution in [0.1, 0.15) is 53.5 Å². The van der Waals surface area contributed by atoms with Crippen LogP contribution in [0.15, 0.2) is 72.8 Å². The molecule has 0 aliphatic carbocycles. The van der Waals surface area contributed by atoms with Gasteiger partial charge in [-0.1, -0.05) is 86.6 Å². The van der Waals surface area contributed by atoms with E-state index >= 15 is 0 Å². The molecule has 1 nitrogen and oxygen atoms in total. The van der Waals surface area contributed by atoms with E-state index in [-0.39, 0.29) is 11.8 Å². The van der Waals surface area contributed by atoms with E-state index in [2.05, 4.69) is 38.1 Å². The summed E-state index contributed by atoms with van der Waals surface area (Å²) in [5.41, 5.74) is 5.27. The Hall–Kier alpha value is -2.25. The molecule has 1 N–H and O–H groups in total. The minimum absolute atomic E-state index is 0.103. The number of aromatic hydroxyl groups is 1. The number of phenols is 1. The van der Waals surface area contributed by atoms with Crippen molar-refractivity contribution >= 4 is 11.6 Å². The molecule has 3 aromatic rings. The van der Waals surface area contributed by atoms with Crippen LogP contribution in [-0.2, 0) is 5.88 Å². The molecule has 3 rings (SSSR count). The van der Waals surface area contributed by atoms with Gasteiger partial charge in [-0.05, 0) is 16.7 Å². The Bertz CT molecular complexity index is 761. The molecule has 0 fully saturated rings. The lowest BCUT2D eigenvalue weighted by Gasteiger charge is -2.21. The molecule has 0 amide bonds. The van der Waals surface area contributed by atoms with Crippen LogP contribution in [0.3, 0.4) is 0 Å². The van der Waals surface area contributed by atoms with Crippen molar-refractivity contribution in [1.82, 2.24) is 0 Å². The van der Waals surface area contributed by atoms with Crippen LogP contribution in [-0.4, -0.2) is 5.11 Å². The van der Waals surface area contributed by atoms with Gasteiger partial charge in [0.05, 0.1) is 0 Å². The highest BCUT2D eigenvalue weighted by atomic mass is 35.5. The molecule has 0 saturated carbocycles. The average Bonchev–Trinajstić information content (AvgIpc) is 2.68. The molecule has 2 heteroatoms. The predicted molar refractivity (Wildman–Crippen MR) is 106 cm³/mol. The molecule has 0 spiro atoms. The molecule has 0 bridgehead atoms. The Balaban J connectivity index is 2.08. The van der Waals surface area contributed by atoms with Crippen molar-refractivity contribution in [3.8, 4) is 5.75 Å². The van der Waals surface area contributed by atoms with Crippen molar-refractivity contribution in [3.63, 3.8) is 0 Å². The second kappa shape index (κ2) is 7.76. The molecular weight excluding hydrogens is 328 g/mol. The average molecular weight is 351 g/mol. The van der Waals surface area contributed by atoms with Gasteiger partial charge in [0.15, 0.2) is 0 Å². The predicted octanol–water partition coefficient (Wildman–Crippen LogP) is 6.43. The van der Waals surface area contributed by atoms with Gasteiger partial charge in [-0.2, -0.15) is 0 Å². The summed E-state index contributed by atoms with van der Waals surface area (Å²) in [6.07, 6.45) is 0. The third-order valence-corrected chi connectivity index (χ3v) is 5.22. The lowest BCUT2D eigenvalue weighted by Crippen LogP contribution is -2.03. The summed E-state index contributed by atoms with van der Waals surface area (Å²) in [7, 11) is 0. The minimum atomic E-state index is 0.103. The third kappa shape index (κ3) is 3.72. The Morgan fingerprint density at radius 1 is 0.760 bits per heavy atom. The van der Waals surface area contributed by atoms with Crippen molar-refractivity contribution in [2.24, 2.45) is 0 Å². The molecule has 2 atom stereocenters. The zero-order valence-corrected chi connectivity index (χ0v) is 15.4. The van der Waals surface area contributed by atoms with E-state index < -0.39 is 0 Å². The fraction of sp³-hybridized carbons (Fsp3) is 0.217. The highest BCUT2D eigenvalue weighted by Gasteiger charge is 2.20. The van der Waals surface area contributed by atoms with Gasteiger partial charge in [0, 0.05) is 28.8 Å². The maximum absolute atomic E-state index is 11.0. The van der Waals surface area contributed by atoms with Gasteiger partial charge in [-0.15, -0.1) is 11.6 Å². The number of hydrogen-bond acceptors (Lipinski definition) is 1. The highest BCUT2D eigenvalue weighted by Crippen LogP contribution is 2.39. The molecule has 3 aromatic carbocycles. The van der Waals surface area contributed by atoms with Crippen LogP contribution in [0.4, 0.5) is 0 Å². The number of alkyl halides is 1. The maximum atomic E-state index is 11.0. The molecule has 25 heavy (non-hydrogen) atoms. The normalized spacial score (nSPS) is 13.4. The largest absolute Gasteiger partial charge is 0.507 e. The first-order chi connectivity index (χ1) is 12.1. The fourth-order valence-electron chi connectivity index (χ4n) is 3.32. The zero-order chi connectivity index (χ0) is 17.8. The molecule has 0 aliphatic rings. The van der Waals surface area contributed by atoms with Crippen molar-refractivity contribution in [2.75, 3.05) is 0 Å². The maximum Gasteiger partial charge on any atom is 0.123 e. The summed E-state index contributed by atoms with van der Waals surface area (Å²) in [6, 6.07) is 24.6. The quantitative estimate of drug-likeness (QED) is 0.525. The van der Waals surface area contributed by atoms with E-state index in [1.165, 1.54) is 11.1 Å². The standard InChI is InChI=1S/C23H23ClO/c1-16(19-9-5-3-6-10-19)21-13-18(15-24)14-22(23(21)25)17(2)20-11-7-4-8-12-20/h3-14,16-17,25H,15H2,1-2H3. The molecule has 128 valence electrons. The van der Waals surface area contributed by atoms with Crippen LogP contribution < -0.4 is 0 Å². The number of rotatable bonds is 5. The Kier molecular flexibility index (Phi) is 5.45. The van der Waals surface area contributed by atoms with E-state index in [1.807, 2.05) is 48.5 Å². The third-order valence-electron chi connectivity index (χ3n) is 4.92. The summed E-state index contributed by atoms with van der Waals surface area (Å²) in [5, 5.41) is 11.0. The number of phenolic OH excluding ortho intramolecular Hbond substituents is 1. The second-order valence-corrected chi connectivity index (χ2v) is 6.79. The van der Waals surface area contributed by atoms with E-state index in [0.717, 1.165) is 16.7 Å². The summed E-state index contributed by atoms with van der Waals surface area (Å²) in [4.78, 5) is 0. The van der Waals surface area contributed by atoms with Gasteiger partial charge in [0.2, 0.25) is 0 Å². The van der Waals surface area contributed by atoms with Crippen LogP contribution in [0.2, 0.25) is 0 Å². The van der Waals surface area contributed by atoms with Crippen molar-refractivity contribution < 1.29 is 5.11 Å². The van der Waals surface area contributed by atoms with Crippen molar-refractivity contribution in [1.29, 1.82) is 0 Å². The van der Waals surface area contributed by atoms with Crippen LogP contribution >= 0.6 is 11.6 Å². The first kappa shape index (κ1) is 17.6. The smallest absolute Gasteiger partial charge is 0.123 e. The van der Waals surface area contributed by atoms with Crippen molar-refractivity contribution in [2.45, 2.75) is 31.6 Å². The SMILES string of the molecule is CC(c1ccccc1)c1cc(CCl)cc(C(C)c2ccccc2)c1O. The number of hydrogen-bond donors (Lipinski definition) is 1. The van der Waals surface area contributed by atoms with Crippen LogP contribution in [0, 0.1) is 0 Å². The molecule has 0 radical (unpaired) electrons. The van der Waals surface area contributed by atoms with E-state index in [9.17, 15) is 5.11 Å². The summed E-state index contributed by atoms with van der Waals surface area (Å²) in [6.45, 7) is 4.25. The fourth-order valence-corrected chi connectivity index (χ4v) is 3.48. The molecule has 0 saturated heterocycles. The lowest BCUT2D eigenvalue weighted by atomic mass is 9.85. The molecule has 0 aliphatic heterocycles. The van der Waals surface area contributed by atoms with Gasteiger partial charge < -0.3 is 5.11 Å². The zero-order valence-electron chi connectivity index (χ0n) is 14.6. The van der Waals surface area contributed by atoms with E-state index in [0.29, 0.717) is 11.6 Å². The summed E-state index contributed by atoms with van der Waals surface area (Å²) in [5.74, 6) is 1.02. The topological polar surface area (TPSA) is 20.2 Å². The molecule has 0 aromatic heterocycles. The van der Waals surface area contributed by atoms with Gasteiger partial charge >= 0.3 is 0 Å². The van der Waals surface area contributed by atoms with E-state index in [1.54, 1.807) is 0 Å². The minimum Gasteiger partial charge on any atom is -0.507 e. The molecule has 0 heterocycles. The molecule has 2 unspecified atom stereocenters.